The minimum absolute atomic E-state index is 0.0214. The van der Waals surface area contributed by atoms with Crippen molar-refractivity contribution in [2.24, 2.45) is 11.7 Å². The highest BCUT2D eigenvalue weighted by atomic mass is 16.7. The molecule has 0 radical (unpaired) electrons. The average molecular weight is 489 g/mol. The maximum atomic E-state index is 10.0. The van der Waals surface area contributed by atoms with Gasteiger partial charge in [-0.3, -0.25) is 4.90 Å². The van der Waals surface area contributed by atoms with Crippen molar-refractivity contribution in [3.63, 3.8) is 0 Å². The summed E-state index contributed by atoms with van der Waals surface area (Å²) in [4.78, 5) is 2.29. The summed E-state index contributed by atoms with van der Waals surface area (Å²) in [5, 5.41) is 19.5. The largest absolute Gasteiger partial charge is 0.392 e. The van der Waals surface area contributed by atoms with E-state index in [0.29, 0.717) is 13.1 Å². The van der Waals surface area contributed by atoms with Crippen molar-refractivity contribution < 1.29 is 19.7 Å². The lowest BCUT2D eigenvalue weighted by Crippen LogP contribution is -2.44. The molecule has 5 atom stereocenters. The summed E-state index contributed by atoms with van der Waals surface area (Å²) < 4.78 is 13.1. The predicted octanol–water partition coefficient (Wildman–Crippen LogP) is 4.16. The minimum atomic E-state index is -0.495. The maximum absolute atomic E-state index is 10.0. The molecular weight excluding hydrogens is 452 g/mol. The fraction of sp³-hybridized carbons (Fsp3) is 0.400. The Morgan fingerprint density at radius 3 is 2.33 bits per heavy atom. The third-order valence-electron chi connectivity index (χ3n) is 7.49. The highest BCUT2D eigenvalue weighted by Crippen LogP contribution is 2.42. The normalized spacial score (nSPS) is 26.8. The molecule has 6 nitrogen and oxygen atoms in total. The number of aliphatic hydroxyl groups excluding tert-OH is 2. The summed E-state index contributed by atoms with van der Waals surface area (Å²) in [6.45, 7) is 5.03. The molecule has 0 saturated carbocycles. The van der Waals surface area contributed by atoms with Crippen LogP contribution in [-0.2, 0) is 22.6 Å². The van der Waals surface area contributed by atoms with Gasteiger partial charge >= 0.3 is 0 Å². The van der Waals surface area contributed by atoms with Crippen molar-refractivity contribution in [3.05, 3.63) is 95.1 Å². The van der Waals surface area contributed by atoms with Crippen LogP contribution in [0.5, 0.6) is 0 Å². The molecule has 2 saturated heterocycles. The molecule has 36 heavy (non-hydrogen) atoms. The lowest BCUT2D eigenvalue weighted by molar-refractivity contribution is -0.276. The van der Waals surface area contributed by atoms with Crippen molar-refractivity contribution in [2.75, 3.05) is 19.6 Å². The van der Waals surface area contributed by atoms with Crippen molar-refractivity contribution in [1.29, 1.82) is 0 Å². The second-order valence-electron chi connectivity index (χ2n) is 10.1. The van der Waals surface area contributed by atoms with Crippen molar-refractivity contribution >= 4 is 0 Å². The Labute approximate surface area is 213 Å². The van der Waals surface area contributed by atoms with E-state index >= 15 is 0 Å². The maximum Gasteiger partial charge on any atom is 0.184 e. The molecule has 3 aromatic rings. The predicted molar refractivity (Wildman–Crippen MR) is 140 cm³/mol. The van der Waals surface area contributed by atoms with Crippen LogP contribution in [0.15, 0.2) is 72.8 Å². The molecule has 4 N–H and O–H groups in total. The van der Waals surface area contributed by atoms with E-state index in [1.54, 1.807) is 0 Å². The number of likely N-dealkylation sites (tertiary alicyclic amines) is 1. The van der Waals surface area contributed by atoms with Crippen LogP contribution in [0, 0.1) is 5.92 Å². The molecule has 0 spiro atoms. The molecule has 0 amide bonds. The van der Waals surface area contributed by atoms with Gasteiger partial charge in [0.15, 0.2) is 6.29 Å². The van der Waals surface area contributed by atoms with Crippen LogP contribution >= 0.6 is 0 Å². The number of benzene rings is 3. The van der Waals surface area contributed by atoms with Gasteiger partial charge in [0.05, 0.1) is 24.9 Å². The monoisotopic (exact) mass is 488 g/mol. The van der Waals surface area contributed by atoms with E-state index in [1.807, 2.05) is 36.4 Å². The Morgan fingerprint density at radius 1 is 0.917 bits per heavy atom. The summed E-state index contributed by atoms with van der Waals surface area (Å²) in [5.41, 5.74) is 12.1. The Bertz CT molecular complexity index is 1130. The lowest BCUT2D eigenvalue weighted by atomic mass is 9.90. The van der Waals surface area contributed by atoms with Crippen LogP contribution in [0.25, 0.3) is 11.1 Å². The lowest BCUT2D eigenvalue weighted by Gasteiger charge is -2.42. The number of nitrogens with zero attached hydrogens (tertiary/aromatic N) is 1. The zero-order valence-corrected chi connectivity index (χ0v) is 20.8. The molecule has 5 rings (SSSR count). The number of ether oxygens (including phenoxy) is 2. The van der Waals surface area contributed by atoms with Crippen LogP contribution in [0.1, 0.15) is 48.0 Å². The van der Waals surface area contributed by atoms with Gasteiger partial charge < -0.3 is 25.4 Å². The first kappa shape index (κ1) is 25.1. The zero-order valence-electron chi connectivity index (χ0n) is 20.8. The van der Waals surface area contributed by atoms with Gasteiger partial charge in [-0.1, -0.05) is 73.7 Å². The van der Waals surface area contributed by atoms with Gasteiger partial charge in [0.1, 0.15) is 0 Å². The van der Waals surface area contributed by atoms with Gasteiger partial charge in [-0.2, -0.15) is 0 Å². The van der Waals surface area contributed by atoms with E-state index in [4.69, 9.17) is 15.2 Å². The van der Waals surface area contributed by atoms with Crippen LogP contribution in [0.3, 0.4) is 0 Å². The smallest absolute Gasteiger partial charge is 0.184 e. The molecule has 0 aliphatic carbocycles. The number of β-amino-alcohol motifs (C(OH)–C–C–N with tert-alkyl or cyclic N) is 1. The molecule has 6 heteroatoms. The highest BCUT2D eigenvalue weighted by Gasteiger charge is 2.39. The van der Waals surface area contributed by atoms with Gasteiger partial charge in [0.25, 0.3) is 0 Å². The summed E-state index contributed by atoms with van der Waals surface area (Å²) >= 11 is 0. The van der Waals surface area contributed by atoms with Gasteiger partial charge in [-0.25, -0.2) is 0 Å². The van der Waals surface area contributed by atoms with E-state index in [0.717, 1.165) is 52.9 Å². The molecule has 0 bridgehead atoms. The minimum Gasteiger partial charge on any atom is -0.392 e. The molecule has 190 valence electrons. The summed E-state index contributed by atoms with van der Waals surface area (Å²) in [7, 11) is 0. The van der Waals surface area contributed by atoms with E-state index in [2.05, 4.69) is 48.2 Å². The topological polar surface area (TPSA) is 88.2 Å². The van der Waals surface area contributed by atoms with Crippen LogP contribution < -0.4 is 5.73 Å². The third kappa shape index (κ3) is 5.54. The van der Waals surface area contributed by atoms with Crippen LogP contribution in [0.2, 0.25) is 0 Å². The number of hydrogen-bond acceptors (Lipinski definition) is 6. The summed E-state index contributed by atoms with van der Waals surface area (Å²) in [6, 6.07) is 24.6. The first-order valence-electron chi connectivity index (χ1n) is 12.8. The van der Waals surface area contributed by atoms with E-state index in [1.165, 1.54) is 0 Å². The summed E-state index contributed by atoms with van der Waals surface area (Å²) in [5.74, 6) is 0.122. The SMILES string of the molecule is C[C@H]1[C@@H](CN2CC[C@H](O)C2)O[C@@H](c2ccc(-c3cccc(CN)c3)cc2)O[C@H]1c1ccc(CO)cc1. The molecular formula is C30H36N2O4. The van der Waals surface area contributed by atoms with Crippen LogP contribution in [-0.4, -0.2) is 47.0 Å². The zero-order chi connectivity index (χ0) is 25.1. The van der Waals surface area contributed by atoms with E-state index in [-0.39, 0.29) is 30.8 Å². The molecule has 2 heterocycles. The Balaban J connectivity index is 1.39. The van der Waals surface area contributed by atoms with Gasteiger partial charge in [0, 0.05) is 37.7 Å². The second-order valence-corrected chi connectivity index (χ2v) is 10.1. The van der Waals surface area contributed by atoms with E-state index in [9.17, 15) is 10.2 Å². The number of nitrogens with two attached hydrogens (primary N) is 1. The molecule has 2 aliphatic heterocycles. The van der Waals surface area contributed by atoms with Gasteiger partial charge in [-0.15, -0.1) is 0 Å². The highest BCUT2D eigenvalue weighted by molar-refractivity contribution is 5.64. The first-order valence-corrected chi connectivity index (χ1v) is 12.8. The average Bonchev–Trinajstić information content (AvgIpc) is 3.34. The number of hydrogen-bond donors (Lipinski definition) is 3. The standard InChI is InChI=1S/C30H36N2O4/c1-20-28(18-32-14-13-27(34)17-32)35-30(36-29(20)24-7-5-21(19-33)6-8-24)25-11-9-23(10-12-25)26-4-2-3-22(15-26)16-31/h2-12,15,20,27-30,33-34H,13-14,16-19,31H2,1H3/t20-,27-,28+,29+,30+/m0/s1. The molecule has 0 aromatic heterocycles. The Kier molecular flexibility index (Phi) is 7.82. The molecule has 3 aromatic carbocycles. The molecule has 0 unspecified atom stereocenters. The second kappa shape index (κ2) is 11.2. The Morgan fingerprint density at radius 2 is 1.67 bits per heavy atom. The summed E-state index contributed by atoms with van der Waals surface area (Å²) in [6.07, 6.45) is -0.138. The number of rotatable bonds is 7. The number of aliphatic hydroxyl groups is 2. The van der Waals surface area contributed by atoms with Gasteiger partial charge in [-0.05, 0) is 40.3 Å². The van der Waals surface area contributed by atoms with Crippen molar-refractivity contribution in [1.82, 2.24) is 4.90 Å². The van der Waals surface area contributed by atoms with Crippen molar-refractivity contribution in [2.45, 2.75) is 51.1 Å². The third-order valence-corrected chi connectivity index (χ3v) is 7.49. The Hall–Kier alpha value is -2.58. The fourth-order valence-electron chi connectivity index (χ4n) is 5.27. The fourth-order valence-corrected chi connectivity index (χ4v) is 5.27. The molecule has 2 aliphatic rings. The first-order chi connectivity index (χ1) is 17.5. The van der Waals surface area contributed by atoms with Crippen LogP contribution in [0.4, 0.5) is 0 Å². The van der Waals surface area contributed by atoms with Crippen molar-refractivity contribution in [3.8, 4) is 11.1 Å². The van der Waals surface area contributed by atoms with E-state index < -0.39 is 6.29 Å². The molecule has 2 fully saturated rings. The quantitative estimate of drug-likeness (QED) is 0.463. The van der Waals surface area contributed by atoms with Gasteiger partial charge in [0.2, 0.25) is 0 Å².